The van der Waals surface area contributed by atoms with Crippen LogP contribution in [0.5, 0.6) is 11.5 Å². The highest BCUT2D eigenvalue weighted by atomic mass is 16.5. The molecular weight excluding hydrogens is 280 g/mol. The maximum Gasteiger partial charge on any atom is 0.220 e. The summed E-state index contributed by atoms with van der Waals surface area (Å²) in [5.74, 6) is -0.208. The molecule has 0 aliphatic heterocycles. The fourth-order valence-corrected chi connectivity index (χ4v) is 1.89. The first kappa shape index (κ1) is 15.5. The minimum atomic E-state index is -0.581. The molecule has 0 saturated heterocycles. The molecule has 0 saturated carbocycles. The summed E-state index contributed by atoms with van der Waals surface area (Å²) >= 11 is 0. The highest BCUT2D eigenvalue weighted by Crippen LogP contribution is 2.15. The molecule has 1 N–H and O–H groups in total. The largest absolute Gasteiger partial charge is 0.504 e. The first-order valence-electron chi connectivity index (χ1n) is 6.89. The molecule has 112 valence electrons. The van der Waals surface area contributed by atoms with E-state index in [9.17, 15) is 14.7 Å². The number of allylic oxidation sites excluding steroid dienone is 1. The van der Waals surface area contributed by atoms with Gasteiger partial charge in [0.1, 0.15) is 5.75 Å². The molecule has 0 unspecified atom stereocenters. The molecule has 0 atom stereocenters. The van der Waals surface area contributed by atoms with Crippen molar-refractivity contribution in [3.8, 4) is 11.5 Å². The lowest BCUT2D eigenvalue weighted by Crippen LogP contribution is -2.01. The van der Waals surface area contributed by atoms with E-state index in [0.717, 1.165) is 11.3 Å². The number of carbonyl (C=O) groups is 1. The zero-order valence-corrected chi connectivity index (χ0v) is 12.2. The number of aromatic hydroxyl groups is 1. The Labute approximate surface area is 128 Å². The Morgan fingerprint density at radius 1 is 1.14 bits per heavy atom. The highest BCUT2D eigenvalue weighted by molar-refractivity contribution is 6.08. The van der Waals surface area contributed by atoms with Crippen LogP contribution in [0, 0.1) is 0 Å². The highest BCUT2D eigenvalue weighted by Gasteiger charge is 2.09. The number of benzene rings is 1. The van der Waals surface area contributed by atoms with E-state index in [1.54, 1.807) is 12.1 Å². The number of ketones is 1. The number of rotatable bonds is 5. The molecular formula is C18H16O4. The molecule has 4 nitrogen and oxygen atoms in total. The molecule has 0 fully saturated rings. The van der Waals surface area contributed by atoms with Crippen LogP contribution in [0.15, 0.2) is 59.4 Å². The number of carbonyl (C=O) groups excluding carboxylic acids is 1. The monoisotopic (exact) mass is 296 g/mol. The summed E-state index contributed by atoms with van der Waals surface area (Å²) in [6, 6.07) is 12.9. The van der Waals surface area contributed by atoms with E-state index >= 15 is 0 Å². The Morgan fingerprint density at radius 3 is 2.50 bits per heavy atom. The van der Waals surface area contributed by atoms with Gasteiger partial charge in [0.05, 0.1) is 12.2 Å². The topological polar surface area (TPSA) is 63.6 Å². The molecule has 0 amide bonds. The van der Waals surface area contributed by atoms with Gasteiger partial charge in [-0.1, -0.05) is 30.3 Å². The molecule has 22 heavy (non-hydrogen) atoms. The standard InChI is InChI=1S/C18H16O4/c1-2-22-14-10-7-13(8-11-14)9-12-16(19)15-5-3-4-6-17(20)18(15)21/h3-12H,2H2,1H3,(H,20,21)/b12-9+. The van der Waals surface area contributed by atoms with Gasteiger partial charge in [0.2, 0.25) is 5.43 Å². The summed E-state index contributed by atoms with van der Waals surface area (Å²) in [6.45, 7) is 2.50. The molecule has 0 heterocycles. The smallest absolute Gasteiger partial charge is 0.220 e. The van der Waals surface area contributed by atoms with Crippen LogP contribution in [0.4, 0.5) is 0 Å². The van der Waals surface area contributed by atoms with Crippen LogP contribution in [-0.4, -0.2) is 17.5 Å². The molecule has 0 spiro atoms. The summed E-state index contributed by atoms with van der Waals surface area (Å²) in [5, 5.41) is 9.74. The number of hydrogen-bond donors (Lipinski definition) is 1. The lowest BCUT2D eigenvalue weighted by Gasteiger charge is -2.02. The summed E-state index contributed by atoms with van der Waals surface area (Å²) < 4.78 is 5.34. The van der Waals surface area contributed by atoms with Gasteiger partial charge in [0.25, 0.3) is 0 Å². The molecule has 2 aromatic carbocycles. The van der Waals surface area contributed by atoms with Crippen molar-refractivity contribution in [1.82, 2.24) is 0 Å². The quantitative estimate of drug-likeness (QED) is 0.680. The SMILES string of the molecule is CCOc1ccc(/C=C/C(=O)c2ccccc(=O)c2O)cc1. The lowest BCUT2D eigenvalue weighted by molar-refractivity contribution is 0.104. The van der Waals surface area contributed by atoms with Crippen LogP contribution in [0.1, 0.15) is 22.8 Å². The average molecular weight is 296 g/mol. The minimum absolute atomic E-state index is 0.0165. The van der Waals surface area contributed by atoms with Gasteiger partial charge in [0, 0.05) is 0 Å². The van der Waals surface area contributed by atoms with Crippen molar-refractivity contribution in [3.05, 3.63) is 76.0 Å². The Kier molecular flexibility index (Phi) is 5.09. The van der Waals surface area contributed by atoms with Crippen molar-refractivity contribution in [2.24, 2.45) is 0 Å². The summed E-state index contributed by atoms with van der Waals surface area (Å²) in [5.41, 5.74) is 0.221. The van der Waals surface area contributed by atoms with Gasteiger partial charge in [-0.3, -0.25) is 9.59 Å². The zero-order chi connectivity index (χ0) is 15.9. The Morgan fingerprint density at radius 2 is 1.82 bits per heavy atom. The second kappa shape index (κ2) is 7.22. The first-order valence-corrected chi connectivity index (χ1v) is 6.89. The third-order valence-corrected chi connectivity index (χ3v) is 2.99. The van der Waals surface area contributed by atoms with Gasteiger partial charge < -0.3 is 9.84 Å². The molecule has 0 radical (unpaired) electrons. The van der Waals surface area contributed by atoms with Crippen molar-refractivity contribution in [2.45, 2.75) is 6.92 Å². The van der Waals surface area contributed by atoms with Crippen molar-refractivity contribution in [1.29, 1.82) is 0 Å². The predicted molar refractivity (Wildman–Crippen MR) is 85.4 cm³/mol. The van der Waals surface area contributed by atoms with Crippen LogP contribution in [-0.2, 0) is 0 Å². The number of ether oxygens (including phenoxy) is 1. The second-order valence-electron chi connectivity index (χ2n) is 4.54. The summed E-state index contributed by atoms with van der Waals surface area (Å²) in [6.07, 6.45) is 2.94. The van der Waals surface area contributed by atoms with Gasteiger partial charge in [-0.15, -0.1) is 0 Å². The third-order valence-electron chi connectivity index (χ3n) is 2.99. The van der Waals surface area contributed by atoms with Crippen LogP contribution in [0.2, 0.25) is 0 Å². The summed E-state index contributed by atoms with van der Waals surface area (Å²) in [7, 11) is 0. The molecule has 0 aromatic heterocycles. The fraction of sp³-hybridized carbons (Fsp3) is 0.111. The Bertz CT molecular complexity index is 746. The van der Waals surface area contributed by atoms with Crippen molar-refractivity contribution in [3.63, 3.8) is 0 Å². The van der Waals surface area contributed by atoms with Gasteiger partial charge in [0.15, 0.2) is 11.5 Å². The van der Waals surface area contributed by atoms with Crippen LogP contribution in [0.3, 0.4) is 0 Å². The van der Waals surface area contributed by atoms with E-state index in [1.165, 1.54) is 24.3 Å². The molecule has 0 aliphatic rings. The van der Waals surface area contributed by atoms with E-state index in [0.29, 0.717) is 6.61 Å². The summed E-state index contributed by atoms with van der Waals surface area (Å²) in [4.78, 5) is 23.6. The third kappa shape index (κ3) is 3.82. The molecule has 2 aromatic rings. The van der Waals surface area contributed by atoms with E-state index in [-0.39, 0.29) is 5.56 Å². The maximum atomic E-state index is 12.1. The van der Waals surface area contributed by atoms with Gasteiger partial charge in [-0.2, -0.15) is 0 Å². The van der Waals surface area contributed by atoms with E-state index in [1.807, 2.05) is 31.2 Å². The minimum Gasteiger partial charge on any atom is -0.504 e. The van der Waals surface area contributed by atoms with Crippen molar-refractivity contribution >= 4 is 11.9 Å². The fourth-order valence-electron chi connectivity index (χ4n) is 1.89. The molecule has 4 heteroatoms. The zero-order valence-electron chi connectivity index (χ0n) is 12.2. The maximum absolute atomic E-state index is 12.1. The Balaban J connectivity index is 2.20. The average Bonchev–Trinajstić information content (AvgIpc) is 2.69. The number of hydrogen-bond acceptors (Lipinski definition) is 4. The molecule has 0 aliphatic carbocycles. The first-order chi connectivity index (χ1) is 10.6. The molecule has 0 bridgehead atoms. The lowest BCUT2D eigenvalue weighted by atomic mass is 10.1. The van der Waals surface area contributed by atoms with Crippen LogP contribution >= 0.6 is 0 Å². The van der Waals surface area contributed by atoms with Crippen molar-refractivity contribution < 1.29 is 14.6 Å². The Hall–Kier alpha value is -2.88. The second-order valence-corrected chi connectivity index (χ2v) is 4.54. The van der Waals surface area contributed by atoms with Gasteiger partial charge in [-0.25, -0.2) is 0 Å². The molecule has 2 rings (SSSR count). The van der Waals surface area contributed by atoms with Crippen LogP contribution < -0.4 is 10.2 Å². The predicted octanol–water partition coefficient (Wildman–Crippen LogP) is 3.05. The van der Waals surface area contributed by atoms with Gasteiger partial charge in [-0.05, 0) is 42.8 Å². The van der Waals surface area contributed by atoms with Crippen LogP contribution in [0.25, 0.3) is 6.08 Å². The van der Waals surface area contributed by atoms with E-state index < -0.39 is 17.0 Å². The van der Waals surface area contributed by atoms with Crippen molar-refractivity contribution in [2.75, 3.05) is 6.61 Å². The van der Waals surface area contributed by atoms with E-state index in [2.05, 4.69) is 0 Å². The van der Waals surface area contributed by atoms with Gasteiger partial charge >= 0.3 is 0 Å². The van der Waals surface area contributed by atoms with E-state index in [4.69, 9.17) is 4.74 Å². The normalized spacial score (nSPS) is 10.6.